The molecule has 0 saturated heterocycles. The number of imidazole rings is 1. The first-order valence-corrected chi connectivity index (χ1v) is 8.12. The lowest BCUT2D eigenvalue weighted by Crippen LogP contribution is -2.42. The van der Waals surface area contributed by atoms with E-state index in [4.69, 9.17) is 5.73 Å². The van der Waals surface area contributed by atoms with Gasteiger partial charge in [-0.15, -0.1) is 0 Å². The van der Waals surface area contributed by atoms with Crippen LogP contribution in [-0.4, -0.2) is 26.7 Å². The van der Waals surface area contributed by atoms with Gasteiger partial charge in [0.15, 0.2) is 5.16 Å². The van der Waals surface area contributed by atoms with Crippen molar-refractivity contribution in [1.29, 1.82) is 0 Å². The molecule has 3 N–H and O–H groups in total. The van der Waals surface area contributed by atoms with E-state index in [1.807, 2.05) is 55.8 Å². The average Bonchev–Trinajstić information content (AvgIpc) is 2.85. The third kappa shape index (κ3) is 4.13. The van der Waals surface area contributed by atoms with Crippen molar-refractivity contribution in [1.82, 2.24) is 14.9 Å². The van der Waals surface area contributed by atoms with E-state index in [1.165, 1.54) is 11.8 Å². The van der Waals surface area contributed by atoms with E-state index in [2.05, 4.69) is 10.3 Å². The molecule has 0 spiro atoms. The maximum absolute atomic E-state index is 12.1. The molecule has 0 aliphatic rings. The Kier molecular flexibility index (Phi) is 5.44. The summed E-state index contributed by atoms with van der Waals surface area (Å²) in [6, 6.07) is 9.05. The topological polar surface area (TPSA) is 90.0 Å². The molecule has 7 heteroatoms. The largest absolute Gasteiger partial charge is 0.351 e. The minimum atomic E-state index is -0.842. The fourth-order valence-electron chi connectivity index (χ4n) is 2.18. The second kappa shape index (κ2) is 7.32. The van der Waals surface area contributed by atoms with Gasteiger partial charge in [0.2, 0.25) is 5.91 Å². The molecule has 1 aromatic heterocycles. The van der Waals surface area contributed by atoms with Crippen LogP contribution < -0.4 is 11.1 Å². The number of nitrogens with zero attached hydrogens (tertiary/aromatic N) is 2. The van der Waals surface area contributed by atoms with Crippen molar-refractivity contribution in [3.63, 3.8) is 0 Å². The number of imide groups is 1. The Morgan fingerprint density at radius 2 is 1.91 bits per heavy atom. The van der Waals surface area contributed by atoms with Crippen molar-refractivity contribution < 1.29 is 9.59 Å². The molecule has 0 bridgehead atoms. The van der Waals surface area contributed by atoms with Crippen LogP contribution in [0.5, 0.6) is 0 Å². The monoisotopic (exact) mass is 332 g/mol. The van der Waals surface area contributed by atoms with Gasteiger partial charge in [-0.25, -0.2) is 9.78 Å². The molecule has 23 heavy (non-hydrogen) atoms. The zero-order valence-corrected chi connectivity index (χ0v) is 14.1. The first-order chi connectivity index (χ1) is 10.9. The summed E-state index contributed by atoms with van der Waals surface area (Å²) in [4.78, 5) is 27.4. The van der Waals surface area contributed by atoms with Crippen LogP contribution >= 0.6 is 11.8 Å². The van der Waals surface area contributed by atoms with Gasteiger partial charge in [0.25, 0.3) is 0 Å². The summed E-state index contributed by atoms with van der Waals surface area (Å²) in [6.45, 7) is 3.83. The highest BCUT2D eigenvalue weighted by molar-refractivity contribution is 8.00. The van der Waals surface area contributed by atoms with E-state index in [0.717, 1.165) is 11.3 Å². The Balaban J connectivity index is 2.23. The van der Waals surface area contributed by atoms with Gasteiger partial charge in [-0.3, -0.25) is 10.1 Å². The van der Waals surface area contributed by atoms with Crippen LogP contribution in [0.3, 0.4) is 0 Å². The number of nitrogens with one attached hydrogen (secondary N) is 1. The molecule has 1 aromatic carbocycles. The number of hydrogen-bond acceptors (Lipinski definition) is 4. The second-order valence-electron chi connectivity index (χ2n) is 5.49. The van der Waals surface area contributed by atoms with Crippen molar-refractivity contribution in [2.45, 2.75) is 24.3 Å². The Morgan fingerprint density at radius 1 is 1.26 bits per heavy atom. The highest BCUT2D eigenvalue weighted by Crippen LogP contribution is 2.30. The zero-order chi connectivity index (χ0) is 17.0. The quantitative estimate of drug-likeness (QED) is 0.823. The Bertz CT molecular complexity index is 697. The van der Waals surface area contributed by atoms with Crippen molar-refractivity contribution in [2.75, 3.05) is 0 Å². The van der Waals surface area contributed by atoms with Crippen molar-refractivity contribution in [3.8, 4) is 11.3 Å². The molecule has 3 amide bonds. The van der Waals surface area contributed by atoms with E-state index < -0.39 is 17.2 Å². The number of urea groups is 1. The van der Waals surface area contributed by atoms with Crippen LogP contribution in [-0.2, 0) is 11.8 Å². The van der Waals surface area contributed by atoms with E-state index in [0.29, 0.717) is 5.16 Å². The molecule has 2 rings (SSSR count). The average molecular weight is 332 g/mol. The summed E-state index contributed by atoms with van der Waals surface area (Å²) < 4.78 is 1.94. The van der Waals surface area contributed by atoms with Gasteiger partial charge in [0, 0.05) is 7.05 Å². The molecule has 1 atom stereocenters. The minimum Gasteiger partial charge on any atom is -0.351 e. The fourth-order valence-corrected chi connectivity index (χ4v) is 3.21. The number of thioether (sulfide) groups is 1. The SMILES string of the molecule is CC(C)[C@H](Sc1ncc(-c2ccccc2)n1C)C(=O)NC(N)=O. The Labute approximate surface area is 139 Å². The number of primary amides is 1. The van der Waals surface area contributed by atoms with E-state index in [-0.39, 0.29) is 5.92 Å². The lowest BCUT2D eigenvalue weighted by molar-refractivity contribution is -0.120. The van der Waals surface area contributed by atoms with Gasteiger partial charge in [-0.1, -0.05) is 55.9 Å². The molecule has 1 heterocycles. The normalized spacial score (nSPS) is 12.2. The third-order valence-corrected chi connectivity index (χ3v) is 4.96. The van der Waals surface area contributed by atoms with Gasteiger partial charge < -0.3 is 10.3 Å². The van der Waals surface area contributed by atoms with Gasteiger partial charge >= 0.3 is 6.03 Å². The number of amides is 3. The number of benzene rings is 1. The Morgan fingerprint density at radius 3 is 2.48 bits per heavy atom. The summed E-state index contributed by atoms with van der Waals surface area (Å²) in [7, 11) is 1.90. The summed E-state index contributed by atoms with van der Waals surface area (Å²) >= 11 is 1.32. The summed E-state index contributed by atoms with van der Waals surface area (Å²) in [5.41, 5.74) is 7.05. The van der Waals surface area contributed by atoms with Gasteiger partial charge in [0.05, 0.1) is 17.1 Å². The van der Waals surface area contributed by atoms with Crippen molar-refractivity contribution in [3.05, 3.63) is 36.5 Å². The van der Waals surface area contributed by atoms with Crippen LogP contribution in [0.15, 0.2) is 41.7 Å². The minimum absolute atomic E-state index is 0.0243. The smallest absolute Gasteiger partial charge is 0.318 e. The predicted molar refractivity (Wildman–Crippen MR) is 90.9 cm³/mol. The van der Waals surface area contributed by atoms with E-state index in [9.17, 15) is 9.59 Å². The number of nitrogens with two attached hydrogens (primary N) is 1. The molecular weight excluding hydrogens is 312 g/mol. The number of aromatic nitrogens is 2. The molecule has 0 fully saturated rings. The second-order valence-corrected chi connectivity index (χ2v) is 6.60. The molecule has 122 valence electrons. The van der Waals surface area contributed by atoms with Crippen LogP contribution in [0.4, 0.5) is 4.79 Å². The molecule has 0 aliphatic heterocycles. The number of carbonyl (C=O) groups is 2. The van der Waals surface area contributed by atoms with Crippen molar-refractivity contribution in [2.24, 2.45) is 18.7 Å². The fraction of sp³-hybridized carbons (Fsp3) is 0.312. The molecule has 0 unspecified atom stereocenters. The van der Waals surface area contributed by atoms with E-state index in [1.54, 1.807) is 6.20 Å². The summed E-state index contributed by atoms with van der Waals surface area (Å²) in [6.07, 6.45) is 1.78. The number of rotatable bonds is 5. The lowest BCUT2D eigenvalue weighted by atomic mass is 10.1. The highest BCUT2D eigenvalue weighted by atomic mass is 32.2. The standard InChI is InChI=1S/C16H20N4O2S/c1-10(2)13(14(21)19-15(17)22)23-16-18-9-12(20(16)3)11-7-5-4-6-8-11/h4-10,13H,1-3H3,(H3,17,19,21,22)/t13-/m0/s1. The summed E-state index contributed by atoms with van der Waals surface area (Å²) in [5, 5.41) is 2.40. The Hall–Kier alpha value is -2.28. The highest BCUT2D eigenvalue weighted by Gasteiger charge is 2.26. The first-order valence-electron chi connectivity index (χ1n) is 7.24. The number of hydrogen-bond donors (Lipinski definition) is 2. The zero-order valence-electron chi connectivity index (χ0n) is 13.3. The lowest BCUT2D eigenvalue weighted by Gasteiger charge is -2.18. The number of carbonyl (C=O) groups excluding carboxylic acids is 2. The van der Waals surface area contributed by atoms with Crippen molar-refractivity contribution >= 4 is 23.7 Å². The van der Waals surface area contributed by atoms with Crippen LogP contribution in [0.1, 0.15) is 13.8 Å². The maximum Gasteiger partial charge on any atom is 0.318 e. The molecule has 2 aromatic rings. The van der Waals surface area contributed by atoms with Gasteiger partial charge in [-0.2, -0.15) is 0 Å². The van der Waals surface area contributed by atoms with Gasteiger partial charge in [-0.05, 0) is 11.5 Å². The predicted octanol–water partition coefficient (Wildman–Crippen LogP) is 2.40. The van der Waals surface area contributed by atoms with Crippen LogP contribution in [0.25, 0.3) is 11.3 Å². The first kappa shape index (κ1) is 17.1. The molecule has 0 radical (unpaired) electrons. The van der Waals surface area contributed by atoms with E-state index >= 15 is 0 Å². The van der Waals surface area contributed by atoms with Gasteiger partial charge in [0.1, 0.15) is 0 Å². The van der Waals surface area contributed by atoms with Crippen LogP contribution in [0.2, 0.25) is 0 Å². The molecule has 0 aliphatic carbocycles. The molecular formula is C16H20N4O2S. The third-order valence-electron chi connectivity index (χ3n) is 3.36. The molecule has 0 saturated carbocycles. The van der Waals surface area contributed by atoms with Crippen LogP contribution in [0, 0.1) is 5.92 Å². The summed E-state index contributed by atoms with van der Waals surface area (Å²) in [5.74, 6) is -0.377. The molecule has 6 nitrogen and oxygen atoms in total. The maximum atomic E-state index is 12.1.